The summed E-state index contributed by atoms with van der Waals surface area (Å²) in [6.45, 7) is 0. The number of aliphatic carboxylic acids is 1. The Labute approximate surface area is 115 Å². The molecule has 1 aromatic rings. The van der Waals surface area contributed by atoms with Crippen LogP contribution < -0.4 is 0 Å². The van der Waals surface area contributed by atoms with Crippen molar-refractivity contribution in [1.82, 2.24) is 0 Å². The summed E-state index contributed by atoms with van der Waals surface area (Å²) < 4.78 is 0. The number of carbonyl (C=O) groups is 1. The zero-order chi connectivity index (χ0) is 13.5. The van der Waals surface area contributed by atoms with Crippen LogP contribution >= 0.6 is 0 Å². The molecule has 1 fully saturated rings. The van der Waals surface area contributed by atoms with Gasteiger partial charge in [-0.2, -0.15) is 0 Å². The molecule has 2 rings (SSSR count). The second-order valence-corrected chi connectivity index (χ2v) is 5.80. The molecule has 0 heterocycles. The number of carboxylic acid groups (broad SMARTS) is 1. The molecule has 0 radical (unpaired) electrons. The van der Waals surface area contributed by atoms with E-state index in [0.717, 1.165) is 19.3 Å². The molecular weight excluding hydrogens is 236 g/mol. The Morgan fingerprint density at radius 2 is 1.84 bits per heavy atom. The Morgan fingerprint density at radius 3 is 2.47 bits per heavy atom. The van der Waals surface area contributed by atoms with Crippen molar-refractivity contribution in [3.63, 3.8) is 0 Å². The first kappa shape index (κ1) is 14.1. The Morgan fingerprint density at radius 1 is 1.16 bits per heavy atom. The van der Waals surface area contributed by atoms with Gasteiger partial charge in [0.05, 0.1) is 5.92 Å². The molecule has 1 unspecified atom stereocenters. The van der Waals surface area contributed by atoms with Gasteiger partial charge in [0.2, 0.25) is 0 Å². The Kier molecular flexibility index (Phi) is 5.44. The molecule has 1 atom stereocenters. The molecule has 2 nitrogen and oxygen atoms in total. The summed E-state index contributed by atoms with van der Waals surface area (Å²) in [7, 11) is 0. The molecule has 0 bridgehead atoms. The molecule has 0 amide bonds. The highest BCUT2D eigenvalue weighted by Gasteiger charge is 2.23. The van der Waals surface area contributed by atoms with E-state index < -0.39 is 5.97 Å². The van der Waals surface area contributed by atoms with Crippen molar-refractivity contribution in [1.29, 1.82) is 0 Å². The van der Waals surface area contributed by atoms with Crippen LogP contribution in [0.3, 0.4) is 0 Å². The predicted molar refractivity (Wildman–Crippen MR) is 77.1 cm³/mol. The van der Waals surface area contributed by atoms with Crippen molar-refractivity contribution < 1.29 is 9.90 Å². The molecule has 104 valence electrons. The summed E-state index contributed by atoms with van der Waals surface area (Å²) >= 11 is 0. The van der Waals surface area contributed by atoms with Gasteiger partial charge in [-0.15, -0.1) is 0 Å². The van der Waals surface area contributed by atoms with E-state index in [2.05, 4.69) is 12.1 Å². The van der Waals surface area contributed by atoms with Crippen LogP contribution in [-0.2, 0) is 11.2 Å². The fourth-order valence-electron chi connectivity index (χ4n) is 3.15. The zero-order valence-electron chi connectivity index (χ0n) is 11.6. The van der Waals surface area contributed by atoms with E-state index in [1.54, 1.807) is 0 Å². The maximum absolute atomic E-state index is 11.4. The van der Waals surface area contributed by atoms with E-state index in [-0.39, 0.29) is 5.92 Å². The molecule has 19 heavy (non-hydrogen) atoms. The molecule has 0 aliphatic heterocycles. The van der Waals surface area contributed by atoms with Crippen LogP contribution in [0.1, 0.15) is 50.5 Å². The molecular formula is C17H24O2. The standard InChI is InChI=1S/C17H24O2/c18-17(19)16(13-15-9-5-2-6-10-15)12-11-14-7-3-1-4-8-14/h1,3-4,7-8,15-16H,2,5-6,9-13H2,(H,18,19). The number of carboxylic acids is 1. The highest BCUT2D eigenvalue weighted by atomic mass is 16.4. The smallest absolute Gasteiger partial charge is 0.306 e. The van der Waals surface area contributed by atoms with Crippen molar-refractivity contribution in [2.24, 2.45) is 11.8 Å². The maximum Gasteiger partial charge on any atom is 0.306 e. The molecule has 0 spiro atoms. The number of hydrogen-bond donors (Lipinski definition) is 1. The second kappa shape index (κ2) is 7.32. The first-order valence-electron chi connectivity index (χ1n) is 7.52. The molecule has 1 aliphatic carbocycles. The first-order valence-corrected chi connectivity index (χ1v) is 7.52. The summed E-state index contributed by atoms with van der Waals surface area (Å²) in [5.74, 6) is -0.129. The van der Waals surface area contributed by atoms with Gasteiger partial charge in [0.1, 0.15) is 0 Å². The quantitative estimate of drug-likeness (QED) is 0.828. The number of rotatable bonds is 6. The fourth-order valence-corrected chi connectivity index (χ4v) is 3.15. The Hall–Kier alpha value is -1.31. The fraction of sp³-hybridized carbons (Fsp3) is 0.588. The summed E-state index contributed by atoms with van der Waals surface area (Å²) in [6, 6.07) is 10.2. The zero-order valence-corrected chi connectivity index (χ0v) is 11.6. The number of benzene rings is 1. The molecule has 0 saturated heterocycles. The van der Waals surface area contributed by atoms with Crippen LogP contribution in [0.25, 0.3) is 0 Å². The minimum Gasteiger partial charge on any atom is -0.481 e. The molecule has 2 heteroatoms. The van der Waals surface area contributed by atoms with E-state index in [9.17, 15) is 9.90 Å². The summed E-state index contributed by atoms with van der Waals surface area (Å²) in [6.07, 6.45) is 8.90. The molecule has 1 N–H and O–H groups in total. The average molecular weight is 260 g/mol. The van der Waals surface area contributed by atoms with E-state index >= 15 is 0 Å². The van der Waals surface area contributed by atoms with Crippen molar-refractivity contribution in [2.45, 2.75) is 51.4 Å². The lowest BCUT2D eigenvalue weighted by Crippen LogP contribution is -2.20. The van der Waals surface area contributed by atoms with Gasteiger partial charge < -0.3 is 5.11 Å². The third-order valence-electron chi connectivity index (χ3n) is 4.32. The van der Waals surface area contributed by atoms with Crippen LogP contribution in [0.4, 0.5) is 0 Å². The van der Waals surface area contributed by atoms with Gasteiger partial charge >= 0.3 is 5.97 Å². The maximum atomic E-state index is 11.4. The average Bonchev–Trinajstić information content (AvgIpc) is 2.45. The van der Waals surface area contributed by atoms with Crippen molar-refractivity contribution in [3.8, 4) is 0 Å². The Bertz CT molecular complexity index is 380. The topological polar surface area (TPSA) is 37.3 Å². The van der Waals surface area contributed by atoms with Crippen LogP contribution in [0.15, 0.2) is 30.3 Å². The third-order valence-corrected chi connectivity index (χ3v) is 4.32. The number of aryl methyl sites for hydroxylation is 1. The first-order chi connectivity index (χ1) is 9.25. The largest absolute Gasteiger partial charge is 0.481 e. The second-order valence-electron chi connectivity index (χ2n) is 5.80. The summed E-state index contributed by atoms with van der Waals surface area (Å²) in [5, 5.41) is 9.38. The van der Waals surface area contributed by atoms with Crippen LogP contribution in [-0.4, -0.2) is 11.1 Å². The van der Waals surface area contributed by atoms with E-state index in [4.69, 9.17) is 0 Å². The van der Waals surface area contributed by atoms with Gasteiger partial charge in [0, 0.05) is 0 Å². The van der Waals surface area contributed by atoms with E-state index in [1.165, 1.54) is 37.7 Å². The molecule has 1 aliphatic rings. The molecule has 1 aromatic carbocycles. The van der Waals surface area contributed by atoms with E-state index in [1.807, 2.05) is 18.2 Å². The monoisotopic (exact) mass is 260 g/mol. The molecule has 1 saturated carbocycles. The van der Waals surface area contributed by atoms with Crippen LogP contribution in [0.5, 0.6) is 0 Å². The lowest BCUT2D eigenvalue weighted by Gasteiger charge is -2.24. The van der Waals surface area contributed by atoms with Gasteiger partial charge in [-0.3, -0.25) is 4.79 Å². The minimum absolute atomic E-state index is 0.164. The lowest BCUT2D eigenvalue weighted by molar-refractivity contribution is -0.142. The number of hydrogen-bond acceptors (Lipinski definition) is 1. The van der Waals surface area contributed by atoms with Crippen molar-refractivity contribution in [2.75, 3.05) is 0 Å². The Balaban J connectivity index is 1.83. The van der Waals surface area contributed by atoms with Crippen LogP contribution in [0, 0.1) is 11.8 Å². The van der Waals surface area contributed by atoms with Gasteiger partial charge in [-0.05, 0) is 30.7 Å². The van der Waals surface area contributed by atoms with Gasteiger partial charge in [0.15, 0.2) is 0 Å². The predicted octanol–water partition coefficient (Wildman–Crippen LogP) is 4.29. The van der Waals surface area contributed by atoms with Crippen molar-refractivity contribution in [3.05, 3.63) is 35.9 Å². The van der Waals surface area contributed by atoms with E-state index in [0.29, 0.717) is 5.92 Å². The van der Waals surface area contributed by atoms with Crippen molar-refractivity contribution >= 4 is 5.97 Å². The summed E-state index contributed by atoms with van der Waals surface area (Å²) in [5.41, 5.74) is 1.25. The lowest BCUT2D eigenvalue weighted by atomic mass is 9.81. The highest BCUT2D eigenvalue weighted by molar-refractivity contribution is 5.69. The molecule has 0 aromatic heterocycles. The van der Waals surface area contributed by atoms with Gasteiger partial charge in [-0.1, -0.05) is 62.4 Å². The minimum atomic E-state index is -0.610. The third kappa shape index (κ3) is 4.70. The van der Waals surface area contributed by atoms with Gasteiger partial charge in [0.25, 0.3) is 0 Å². The SMILES string of the molecule is O=C(O)C(CCc1ccccc1)CC1CCCCC1. The van der Waals surface area contributed by atoms with Crippen LogP contribution in [0.2, 0.25) is 0 Å². The highest BCUT2D eigenvalue weighted by Crippen LogP contribution is 2.30. The normalized spacial score (nSPS) is 18.1. The van der Waals surface area contributed by atoms with Gasteiger partial charge in [-0.25, -0.2) is 0 Å². The summed E-state index contributed by atoms with van der Waals surface area (Å²) in [4.78, 5) is 11.4.